The molecule has 0 aliphatic carbocycles. The minimum Gasteiger partial charge on any atom is -0.362 e. The van der Waals surface area contributed by atoms with Crippen LogP contribution in [0, 0.1) is 20.2 Å². The van der Waals surface area contributed by atoms with Gasteiger partial charge in [-0.3, -0.25) is 34.7 Å². The number of hydrogen-bond donors (Lipinski definition) is 1. The molecule has 0 fully saturated rings. The zero-order valence-electron chi connectivity index (χ0n) is 12.8. The number of imide groups is 1. The number of anilines is 1. The Balaban J connectivity index is 1.84. The lowest BCUT2D eigenvalue weighted by atomic mass is 10.1. The molecule has 0 radical (unpaired) electrons. The van der Waals surface area contributed by atoms with Crippen LogP contribution in [0.1, 0.15) is 20.7 Å². The first kappa shape index (κ1) is 17.3. The van der Waals surface area contributed by atoms with Crippen LogP contribution in [0.25, 0.3) is 0 Å². The molecule has 0 aromatic heterocycles. The van der Waals surface area contributed by atoms with Crippen molar-refractivity contribution in [2.45, 2.75) is 0 Å². The molecular formula is C15H9ClN4O6. The van der Waals surface area contributed by atoms with Crippen molar-refractivity contribution in [1.29, 1.82) is 0 Å². The number of nitrogens with zero attached hydrogens (tertiary/aromatic N) is 3. The minimum absolute atomic E-state index is 0.0352. The second-order valence-electron chi connectivity index (χ2n) is 5.28. The van der Waals surface area contributed by atoms with Crippen LogP contribution in [0.3, 0.4) is 0 Å². The topological polar surface area (TPSA) is 136 Å². The zero-order chi connectivity index (χ0) is 19.0. The maximum Gasteiger partial charge on any atom is 0.293 e. The van der Waals surface area contributed by atoms with Gasteiger partial charge in [0, 0.05) is 23.2 Å². The Labute approximate surface area is 150 Å². The highest BCUT2D eigenvalue weighted by atomic mass is 35.5. The summed E-state index contributed by atoms with van der Waals surface area (Å²) in [6.07, 6.45) is 0. The smallest absolute Gasteiger partial charge is 0.293 e. The van der Waals surface area contributed by atoms with Crippen molar-refractivity contribution in [3.63, 3.8) is 0 Å². The number of rotatable bonds is 5. The predicted molar refractivity (Wildman–Crippen MR) is 90.2 cm³/mol. The number of carbonyl (C=O) groups is 2. The van der Waals surface area contributed by atoms with Gasteiger partial charge in [0.1, 0.15) is 5.69 Å². The number of carbonyl (C=O) groups excluding carboxylic acids is 2. The summed E-state index contributed by atoms with van der Waals surface area (Å²) in [5.41, 5.74) is -0.607. The van der Waals surface area contributed by atoms with Crippen LogP contribution in [0.5, 0.6) is 0 Å². The van der Waals surface area contributed by atoms with Crippen LogP contribution < -0.4 is 5.32 Å². The Morgan fingerprint density at radius 3 is 2.31 bits per heavy atom. The van der Waals surface area contributed by atoms with E-state index in [-0.39, 0.29) is 39.9 Å². The number of nitro benzene ring substituents is 2. The van der Waals surface area contributed by atoms with E-state index in [0.717, 1.165) is 23.1 Å². The summed E-state index contributed by atoms with van der Waals surface area (Å²) in [4.78, 5) is 46.1. The van der Waals surface area contributed by atoms with Gasteiger partial charge in [-0.15, -0.1) is 0 Å². The van der Waals surface area contributed by atoms with Gasteiger partial charge in [-0.1, -0.05) is 11.6 Å². The van der Waals surface area contributed by atoms with Crippen molar-refractivity contribution in [1.82, 2.24) is 4.90 Å². The molecular weight excluding hydrogens is 368 g/mol. The van der Waals surface area contributed by atoms with Crippen LogP contribution in [-0.4, -0.2) is 33.2 Å². The average Bonchev–Trinajstić information content (AvgIpc) is 2.84. The molecule has 11 heteroatoms. The summed E-state index contributed by atoms with van der Waals surface area (Å²) in [7, 11) is 0. The molecule has 0 bridgehead atoms. The van der Waals surface area contributed by atoms with Gasteiger partial charge in [-0.2, -0.15) is 0 Å². The van der Waals surface area contributed by atoms with Crippen molar-refractivity contribution in [3.8, 4) is 0 Å². The SMILES string of the molecule is O=C1c2ccc([N+](=O)[O-])cc2C(=O)N1CNc1ccc(Cl)cc1[N+](=O)[O-]. The number of nitro groups is 2. The number of amides is 2. The van der Waals surface area contributed by atoms with Crippen molar-refractivity contribution < 1.29 is 19.4 Å². The Kier molecular flexibility index (Phi) is 4.26. The normalized spacial score (nSPS) is 12.9. The van der Waals surface area contributed by atoms with E-state index in [1.165, 1.54) is 18.2 Å². The molecule has 2 amide bonds. The Morgan fingerprint density at radius 1 is 0.962 bits per heavy atom. The lowest BCUT2D eigenvalue weighted by molar-refractivity contribution is -0.384. The molecule has 1 aliphatic rings. The first-order valence-corrected chi connectivity index (χ1v) is 7.50. The predicted octanol–water partition coefficient (Wildman–Crippen LogP) is 2.82. The molecule has 1 aliphatic heterocycles. The molecule has 0 unspecified atom stereocenters. The van der Waals surface area contributed by atoms with Crippen LogP contribution >= 0.6 is 11.6 Å². The highest BCUT2D eigenvalue weighted by Gasteiger charge is 2.36. The summed E-state index contributed by atoms with van der Waals surface area (Å²) in [5.74, 6) is -1.37. The van der Waals surface area contributed by atoms with Crippen molar-refractivity contribution >= 4 is 40.5 Å². The van der Waals surface area contributed by atoms with E-state index in [2.05, 4.69) is 5.32 Å². The summed E-state index contributed by atoms with van der Waals surface area (Å²) >= 11 is 5.73. The fraction of sp³-hybridized carbons (Fsp3) is 0.0667. The summed E-state index contributed by atoms with van der Waals surface area (Å²) in [6.45, 7) is -0.345. The Hall–Kier alpha value is -3.53. The molecule has 0 saturated carbocycles. The summed E-state index contributed by atoms with van der Waals surface area (Å²) in [5, 5.41) is 24.7. The molecule has 2 aromatic rings. The minimum atomic E-state index is -0.724. The van der Waals surface area contributed by atoms with E-state index in [1.807, 2.05) is 0 Å². The van der Waals surface area contributed by atoms with Gasteiger partial charge in [-0.25, -0.2) is 0 Å². The van der Waals surface area contributed by atoms with Gasteiger partial charge in [0.15, 0.2) is 0 Å². The molecule has 132 valence electrons. The zero-order valence-corrected chi connectivity index (χ0v) is 13.6. The van der Waals surface area contributed by atoms with E-state index in [4.69, 9.17) is 11.6 Å². The molecule has 2 aromatic carbocycles. The average molecular weight is 377 g/mol. The van der Waals surface area contributed by atoms with Crippen LogP contribution in [-0.2, 0) is 0 Å². The van der Waals surface area contributed by atoms with E-state index in [9.17, 15) is 29.8 Å². The third-order valence-electron chi connectivity index (χ3n) is 3.75. The van der Waals surface area contributed by atoms with E-state index >= 15 is 0 Å². The monoisotopic (exact) mass is 376 g/mol. The van der Waals surface area contributed by atoms with Crippen LogP contribution in [0.4, 0.5) is 17.1 Å². The second-order valence-corrected chi connectivity index (χ2v) is 5.72. The number of non-ortho nitro benzene ring substituents is 1. The molecule has 1 N–H and O–H groups in total. The summed E-state index contributed by atoms with van der Waals surface area (Å²) < 4.78 is 0. The van der Waals surface area contributed by atoms with Crippen LogP contribution in [0.15, 0.2) is 36.4 Å². The maximum absolute atomic E-state index is 12.4. The largest absolute Gasteiger partial charge is 0.362 e. The van der Waals surface area contributed by atoms with Gasteiger partial charge >= 0.3 is 0 Å². The van der Waals surface area contributed by atoms with E-state index in [0.29, 0.717) is 0 Å². The van der Waals surface area contributed by atoms with Crippen molar-refractivity contribution in [2.75, 3.05) is 12.0 Å². The molecule has 0 spiro atoms. The fourth-order valence-electron chi connectivity index (χ4n) is 2.51. The molecule has 0 atom stereocenters. The van der Waals surface area contributed by atoms with Gasteiger partial charge in [0.05, 0.1) is 27.6 Å². The highest BCUT2D eigenvalue weighted by molar-refractivity contribution is 6.31. The number of hydrogen-bond acceptors (Lipinski definition) is 7. The Morgan fingerprint density at radius 2 is 1.65 bits per heavy atom. The molecule has 1 heterocycles. The highest BCUT2D eigenvalue weighted by Crippen LogP contribution is 2.30. The number of fused-ring (bicyclic) bond motifs is 1. The quantitative estimate of drug-likeness (QED) is 0.481. The Bertz CT molecular complexity index is 977. The van der Waals surface area contributed by atoms with E-state index in [1.54, 1.807) is 0 Å². The number of benzene rings is 2. The summed E-state index contributed by atoms with van der Waals surface area (Å²) in [6, 6.07) is 7.27. The number of nitrogens with one attached hydrogen (secondary N) is 1. The lowest BCUT2D eigenvalue weighted by Gasteiger charge is -2.15. The first-order valence-electron chi connectivity index (χ1n) is 7.12. The number of halogens is 1. The first-order chi connectivity index (χ1) is 12.3. The van der Waals surface area contributed by atoms with E-state index < -0.39 is 21.7 Å². The van der Waals surface area contributed by atoms with Crippen LogP contribution in [0.2, 0.25) is 5.02 Å². The van der Waals surface area contributed by atoms with Crippen molar-refractivity contribution in [2.24, 2.45) is 0 Å². The third-order valence-corrected chi connectivity index (χ3v) is 3.98. The standard InChI is InChI=1S/C15H9ClN4O6/c16-8-1-4-12(13(5-8)20(25)26)17-7-18-14(21)10-3-2-9(19(23)24)6-11(10)15(18)22/h1-6,17H,7H2. The second kappa shape index (κ2) is 6.41. The van der Waals surface area contributed by atoms with Gasteiger partial charge in [0.2, 0.25) is 0 Å². The van der Waals surface area contributed by atoms with Crippen molar-refractivity contribution in [3.05, 3.63) is 72.8 Å². The maximum atomic E-state index is 12.4. The van der Waals surface area contributed by atoms with Gasteiger partial charge in [0.25, 0.3) is 23.2 Å². The van der Waals surface area contributed by atoms with Gasteiger partial charge in [-0.05, 0) is 18.2 Å². The van der Waals surface area contributed by atoms with Gasteiger partial charge < -0.3 is 5.32 Å². The molecule has 0 saturated heterocycles. The molecule has 3 rings (SSSR count). The lowest BCUT2D eigenvalue weighted by Crippen LogP contribution is -2.34. The molecule has 26 heavy (non-hydrogen) atoms. The fourth-order valence-corrected chi connectivity index (χ4v) is 2.67. The molecule has 10 nitrogen and oxygen atoms in total. The third kappa shape index (κ3) is 2.93.